The van der Waals surface area contributed by atoms with Gasteiger partial charge >= 0.3 is 5.97 Å². The van der Waals surface area contributed by atoms with Crippen LogP contribution < -0.4 is 0 Å². The standard InChI is InChI=1S/C17H18N2O3.C13H11Cl2NO.C2H6/c1-16-6-8-17(10-16,9-7-16)15-18-13(19-22-15)11-2-4-12(5-3-11)14(20)21;1-7-12(16-17-13(7)8-5-6-8)11-9(14)3-2-4-10(11)15;1-2/h2-5H,6-10H2,1H3,(H,20,21);2-4,8H,5-6H2,1H3;1-2H3. The Kier molecular flexibility index (Phi) is 8.31. The van der Waals surface area contributed by atoms with E-state index in [9.17, 15) is 4.79 Å². The number of benzene rings is 2. The second-order valence-corrected chi connectivity index (χ2v) is 12.3. The van der Waals surface area contributed by atoms with Gasteiger partial charge in [0, 0.05) is 22.6 Å². The van der Waals surface area contributed by atoms with E-state index in [1.807, 2.05) is 39.0 Å². The zero-order valence-corrected chi connectivity index (χ0v) is 25.3. The Hall–Kier alpha value is -3.16. The topological polar surface area (TPSA) is 102 Å². The molecule has 2 aromatic heterocycles. The van der Waals surface area contributed by atoms with Crippen molar-refractivity contribution in [1.82, 2.24) is 15.3 Å². The minimum atomic E-state index is -0.935. The lowest BCUT2D eigenvalue weighted by molar-refractivity contribution is 0.0697. The zero-order chi connectivity index (χ0) is 29.4. The molecule has 3 saturated carbocycles. The monoisotopic (exact) mass is 595 g/mol. The Bertz CT molecular complexity index is 1510. The zero-order valence-electron chi connectivity index (χ0n) is 23.8. The van der Waals surface area contributed by atoms with Crippen molar-refractivity contribution >= 4 is 29.2 Å². The first-order chi connectivity index (χ1) is 19.7. The van der Waals surface area contributed by atoms with E-state index in [2.05, 4.69) is 22.2 Å². The van der Waals surface area contributed by atoms with Gasteiger partial charge in [0.25, 0.3) is 0 Å². The highest BCUT2D eigenvalue weighted by atomic mass is 35.5. The van der Waals surface area contributed by atoms with Gasteiger partial charge in [0.05, 0.1) is 21.0 Å². The molecule has 3 fully saturated rings. The summed E-state index contributed by atoms with van der Waals surface area (Å²) in [7, 11) is 0. The Balaban J connectivity index is 0.000000160. The summed E-state index contributed by atoms with van der Waals surface area (Å²) in [6.45, 7) is 8.36. The highest BCUT2D eigenvalue weighted by Crippen LogP contribution is 2.61. The molecule has 2 bridgehead atoms. The van der Waals surface area contributed by atoms with Gasteiger partial charge in [-0.15, -0.1) is 0 Å². The van der Waals surface area contributed by atoms with Crippen LogP contribution in [0.15, 0.2) is 51.5 Å². The molecule has 2 aromatic carbocycles. The number of nitrogens with zero attached hydrogens (tertiary/aromatic N) is 3. The molecule has 9 heteroatoms. The number of hydrogen-bond donors (Lipinski definition) is 1. The van der Waals surface area contributed by atoms with E-state index in [0.29, 0.717) is 27.2 Å². The summed E-state index contributed by atoms with van der Waals surface area (Å²) in [6.07, 6.45) is 8.24. The Labute approximate surface area is 250 Å². The molecule has 1 N–H and O–H groups in total. The number of halogens is 2. The molecule has 0 aliphatic heterocycles. The van der Waals surface area contributed by atoms with Crippen LogP contribution in [0, 0.1) is 12.3 Å². The van der Waals surface area contributed by atoms with Crippen molar-refractivity contribution in [2.45, 2.75) is 84.0 Å². The fraction of sp³-hybridized carbons (Fsp3) is 0.438. The molecule has 0 spiro atoms. The number of carboxylic acids is 1. The van der Waals surface area contributed by atoms with Gasteiger partial charge in [-0.25, -0.2) is 4.79 Å². The molecule has 41 heavy (non-hydrogen) atoms. The van der Waals surface area contributed by atoms with E-state index in [0.717, 1.165) is 53.3 Å². The van der Waals surface area contributed by atoms with Crippen LogP contribution in [0.25, 0.3) is 22.6 Å². The van der Waals surface area contributed by atoms with Crippen LogP contribution in [0.1, 0.15) is 99.2 Å². The van der Waals surface area contributed by atoms with Gasteiger partial charge in [0.15, 0.2) is 0 Å². The molecule has 0 radical (unpaired) electrons. The molecular weight excluding hydrogens is 561 g/mol. The largest absolute Gasteiger partial charge is 0.478 e. The summed E-state index contributed by atoms with van der Waals surface area (Å²) in [5.74, 6) is 1.89. The molecule has 0 amide bonds. The first kappa shape index (κ1) is 29.3. The molecule has 3 aliphatic rings. The predicted molar refractivity (Wildman–Crippen MR) is 160 cm³/mol. The first-order valence-corrected chi connectivity index (χ1v) is 15.0. The Morgan fingerprint density at radius 3 is 2.12 bits per heavy atom. The molecule has 7 nitrogen and oxygen atoms in total. The van der Waals surface area contributed by atoms with E-state index >= 15 is 0 Å². The minimum absolute atomic E-state index is 0.0704. The number of rotatable bonds is 5. The van der Waals surface area contributed by atoms with Crippen LogP contribution in [-0.2, 0) is 5.41 Å². The van der Waals surface area contributed by atoms with Crippen molar-refractivity contribution in [2.24, 2.45) is 5.41 Å². The summed E-state index contributed by atoms with van der Waals surface area (Å²) in [6, 6.07) is 12.0. The number of aromatic nitrogens is 3. The van der Waals surface area contributed by atoms with Gasteiger partial charge in [-0.2, -0.15) is 4.98 Å². The third kappa shape index (κ3) is 5.80. The van der Waals surface area contributed by atoms with Crippen LogP contribution in [0.2, 0.25) is 10.0 Å². The Morgan fingerprint density at radius 2 is 1.59 bits per heavy atom. The van der Waals surface area contributed by atoms with Gasteiger partial charge in [-0.05, 0) is 81.5 Å². The van der Waals surface area contributed by atoms with E-state index in [-0.39, 0.29) is 11.0 Å². The smallest absolute Gasteiger partial charge is 0.335 e. The first-order valence-electron chi connectivity index (χ1n) is 14.3. The minimum Gasteiger partial charge on any atom is -0.478 e. The van der Waals surface area contributed by atoms with Crippen LogP contribution in [0.4, 0.5) is 0 Å². The lowest BCUT2D eigenvalue weighted by atomic mass is 9.83. The summed E-state index contributed by atoms with van der Waals surface area (Å²) >= 11 is 12.3. The van der Waals surface area contributed by atoms with Crippen molar-refractivity contribution in [3.63, 3.8) is 0 Å². The molecular formula is C32H35Cl2N3O4. The Morgan fingerprint density at radius 1 is 0.951 bits per heavy atom. The predicted octanol–water partition coefficient (Wildman–Crippen LogP) is 9.52. The number of hydrogen-bond acceptors (Lipinski definition) is 6. The molecule has 0 atom stereocenters. The summed E-state index contributed by atoms with van der Waals surface area (Å²) < 4.78 is 11.0. The number of fused-ring (bicyclic) bond motifs is 2. The summed E-state index contributed by atoms with van der Waals surface area (Å²) in [5.41, 5.74) is 4.15. The van der Waals surface area contributed by atoms with E-state index in [1.54, 1.807) is 24.3 Å². The van der Waals surface area contributed by atoms with Crippen molar-refractivity contribution in [2.75, 3.05) is 0 Å². The molecule has 0 unspecified atom stereocenters. The lowest BCUT2D eigenvalue weighted by Crippen LogP contribution is -2.19. The second-order valence-electron chi connectivity index (χ2n) is 11.5. The molecule has 7 rings (SSSR count). The second kappa shape index (κ2) is 11.6. The van der Waals surface area contributed by atoms with Crippen LogP contribution in [0.3, 0.4) is 0 Å². The maximum Gasteiger partial charge on any atom is 0.335 e. The van der Waals surface area contributed by atoms with E-state index < -0.39 is 5.97 Å². The summed E-state index contributed by atoms with van der Waals surface area (Å²) in [5, 5.41) is 18.4. The third-order valence-electron chi connectivity index (χ3n) is 8.56. The van der Waals surface area contributed by atoms with E-state index in [1.165, 1.54) is 25.7 Å². The quantitative estimate of drug-likeness (QED) is 0.245. The fourth-order valence-corrected chi connectivity index (χ4v) is 6.72. The molecule has 3 aliphatic carbocycles. The average Bonchev–Trinajstić information content (AvgIpc) is 3.27. The van der Waals surface area contributed by atoms with Crippen molar-refractivity contribution in [3.8, 4) is 22.6 Å². The maximum absolute atomic E-state index is 10.9. The fourth-order valence-electron chi connectivity index (χ4n) is 6.14. The molecule has 4 aromatic rings. The molecule has 216 valence electrons. The highest BCUT2D eigenvalue weighted by Gasteiger charge is 2.55. The maximum atomic E-state index is 10.9. The van der Waals surface area contributed by atoms with Crippen LogP contribution >= 0.6 is 23.2 Å². The molecule has 0 saturated heterocycles. The summed E-state index contributed by atoms with van der Waals surface area (Å²) in [4.78, 5) is 15.5. The lowest BCUT2D eigenvalue weighted by Gasteiger charge is -2.22. The van der Waals surface area contributed by atoms with Crippen LogP contribution in [0.5, 0.6) is 0 Å². The SMILES string of the molecule is CC.CC12CCC(c3nc(-c4ccc(C(=O)O)cc4)no3)(CC1)C2.Cc1c(-c2c(Cl)cccc2Cl)noc1C1CC1. The van der Waals surface area contributed by atoms with Gasteiger partial charge in [0.1, 0.15) is 11.5 Å². The number of carboxylic acid groups (broad SMARTS) is 1. The normalized spacial score (nSPS) is 22.5. The number of carbonyl (C=O) groups is 1. The van der Waals surface area contributed by atoms with Gasteiger partial charge < -0.3 is 14.2 Å². The van der Waals surface area contributed by atoms with Crippen molar-refractivity contribution in [3.05, 3.63) is 75.3 Å². The van der Waals surface area contributed by atoms with Crippen molar-refractivity contribution < 1.29 is 18.9 Å². The van der Waals surface area contributed by atoms with Crippen molar-refractivity contribution in [1.29, 1.82) is 0 Å². The van der Waals surface area contributed by atoms with E-state index in [4.69, 9.17) is 37.4 Å². The van der Waals surface area contributed by atoms with Gasteiger partial charge in [-0.3, -0.25) is 0 Å². The van der Waals surface area contributed by atoms with Crippen LogP contribution in [-0.4, -0.2) is 26.4 Å². The highest BCUT2D eigenvalue weighted by molar-refractivity contribution is 6.39. The molecule has 2 heterocycles. The number of aromatic carboxylic acids is 1. The van der Waals surface area contributed by atoms with Gasteiger partial charge in [0.2, 0.25) is 11.7 Å². The third-order valence-corrected chi connectivity index (χ3v) is 9.19. The van der Waals surface area contributed by atoms with Gasteiger partial charge in [-0.1, -0.05) is 72.5 Å². The average molecular weight is 597 g/mol.